The number of aromatic nitrogens is 2. The monoisotopic (exact) mass is 345 g/mol. The molecule has 1 aromatic rings. The molecular weight excluding hydrogens is 323 g/mol. The Morgan fingerprint density at radius 3 is 2.21 bits per heavy atom. The fourth-order valence-electron chi connectivity index (χ4n) is 2.63. The summed E-state index contributed by atoms with van der Waals surface area (Å²) in [5.74, 6) is 0.215. The van der Waals surface area contributed by atoms with Crippen molar-refractivity contribution in [1.82, 2.24) is 14.9 Å². The van der Waals surface area contributed by atoms with Crippen molar-refractivity contribution in [3.63, 3.8) is 0 Å². The van der Waals surface area contributed by atoms with Gasteiger partial charge >= 0.3 is 6.18 Å². The fraction of sp³-hybridized carbons (Fsp3) is 0.667. The number of piperidine rings is 1. The molecule has 24 heavy (non-hydrogen) atoms. The highest BCUT2D eigenvalue weighted by Gasteiger charge is 2.35. The lowest BCUT2D eigenvalue weighted by Crippen LogP contribution is -2.41. The first-order valence-electron chi connectivity index (χ1n) is 7.69. The first-order chi connectivity index (χ1) is 11.1. The minimum Gasteiger partial charge on any atom is -0.363 e. The van der Waals surface area contributed by atoms with Crippen molar-refractivity contribution < 1.29 is 18.0 Å². The number of anilines is 2. The molecule has 2 heterocycles. The maximum absolute atomic E-state index is 13.1. The summed E-state index contributed by atoms with van der Waals surface area (Å²) in [7, 11) is 6.67. The van der Waals surface area contributed by atoms with Gasteiger partial charge in [-0.15, -0.1) is 0 Å². The first-order valence-corrected chi connectivity index (χ1v) is 7.69. The predicted octanol–water partition coefficient (Wildman–Crippen LogP) is 1.87. The summed E-state index contributed by atoms with van der Waals surface area (Å²) in [6, 6.07) is 0.936. The van der Waals surface area contributed by atoms with Gasteiger partial charge in [0.1, 0.15) is 5.82 Å². The lowest BCUT2D eigenvalue weighted by molar-refractivity contribution is -0.141. The summed E-state index contributed by atoms with van der Waals surface area (Å²) >= 11 is 0. The summed E-state index contributed by atoms with van der Waals surface area (Å²) in [6.45, 7) is 0.914. The Kier molecular flexibility index (Phi) is 5.19. The van der Waals surface area contributed by atoms with Gasteiger partial charge in [-0.05, 0) is 12.8 Å². The van der Waals surface area contributed by atoms with Crippen molar-refractivity contribution in [2.75, 3.05) is 51.1 Å². The molecule has 9 heteroatoms. The van der Waals surface area contributed by atoms with Crippen molar-refractivity contribution in [1.29, 1.82) is 0 Å². The molecule has 0 saturated carbocycles. The van der Waals surface area contributed by atoms with Crippen molar-refractivity contribution >= 4 is 17.7 Å². The van der Waals surface area contributed by atoms with Crippen LogP contribution in [0.1, 0.15) is 18.5 Å². The third kappa shape index (κ3) is 4.07. The first kappa shape index (κ1) is 18.3. The molecule has 0 spiro atoms. The third-order valence-corrected chi connectivity index (χ3v) is 4.02. The van der Waals surface area contributed by atoms with Gasteiger partial charge in [0, 0.05) is 53.3 Å². The Balaban J connectivity index is 2.21. The van der Waals surface area contributed by atoms with Crippen molar-refractivity contribution in [3.8, 4) is 0 Å². The van der Waals surface area contributed by atoms with E-state index in [1.54, 1.807) is 38.0 Å². The lowest BCUT2D eigenvalue weighted by Gasteiger charge is -2.33. The number of halogens is 3. The van der Waals surface area contributed by atoms with E-state index in [1.165, 1.54) is 4.90 Å². The molecule has 0 bridgehead atoms. The molecule has 134 valence electrons. The highest BCUT2D eigenvalue weighted by Crippen LogP contribution is 2.31. The topological polar surface area (TPSA) is 52.6 Å². The van der Waals surface area contributed by atoms with E-state index in [0.717, 1.165) is 6.07 Å². The summed E-state index contributed by atoms with van der Waals surface area (Å²) in [5.41, 5.74) is -0.956. The second-order valence-corrected chi connectivity index (χ2v) is 6.30. The van der Waals surface area contributed by atoms with Crippen LogP contribution in [0.15, 0.2) is 6.07 Å². The third-order valence-electron chi connectivity index (χ3n) is 4.02. The Hall–Kier alpha value is -2.06. The van der Waals surface area contributed by atoms with E-state index in [2.05, 4.69) is 9.97 Å². The van der Waals surface area contributed by atoms with E-state index in [0.29, 0.717) is 25.9 Å². The molecule has 0 unspecified atom stereocenters. The molecule has 0 aromatic carbocycles. The van der Waals surface area contributed by atoms with Crippen LogP contribution >= 0.6 is 0 Å². The minimum atomic E-state index is -4.53. The van der Waals surface area contributed by atoms with Crippen LogP contribution in [0.4, 0.5) is 24.9 Å². The minimum absolute atomic E-state index is 0.0496. The molecule has 1 saturated heterocycles. The van der Waals surface area contributed by atoms with Crippen LogP contribution in [-0.2, 0) is 11.0 Å². The standard InChI is InChI=1S/C15H22F3N5O/c1-21(2)12-9-11(15(16,17)18)19-14(20-12)23-7-5-10(6-8-23)13(24)22(3)4/h9-10H,5-8H2,1-4H3. The number of carbonyl (C=O) groups is 1. The molecule has 6 nitrogen and oxygen atoms in total. The van der Waals surface area contributed by atoms with Gasteiger partial charge in [0.25, 0.3) is 0 Å². The molecule has 1 fully saturated rings. The van der Waals surface area contributed by atoms with Crippen LogP contribution in [0.3, 0.4) is 0 Å². The van der Waals surface area contributed by atoms with Crippen molar-refractivity contribution in [3.05, 3.63) is 11.8 Å². The zero-order valence-electron chi connectivity index (χ0n) is 14.3. The maximum Gasteiger partial charge on any atom is 0.433 e. The molecule has 0 aliphatic carbocycles. The average molecular weight is 345 g/mol. The summed E-state index contributed by atoms with van der Waals surface area (Å²) < 4.78 is 39.2. The largest absolute Gasteiger partial charge is 0.433 e. The van der Waals surface area contributed by atoms with Crippen LogP contribution in [0.2, 0.25) is 0 Å². The smallest absolute Gasteiger partial charge is 0.363 e. The van der Waals surface area contributed by atoms with Crippen molar-refractivity contribution in [2.24, 2.45) is 5.92 Å². The van der Waals surface area contributed by atoms with Crippen LogP contribution in [0.25, 0.3) is 0 Å². The number of alkyl halides is 3. The van der Waals surface area contributed by atoms with E-state index in [1.807, 2.05) is 0 Å². The Morgan fingerprint density at radius 2 is 1.75 bits per heavy atom. The zero-order valence-corrected chi connectivity index (χ0v) is 14.3. The highest BCUT2D eigenvalue weighted by atomic mass is 19.4. The summed E-state index contributed by atoms with van der Waals surface area (Å²) in [6.07, 6.45) is -3.37. The Morgan fingerprint density at radius 1 is 1.17 bits per heavy atom. The Labute approximate surface area is 139 Å². The number of hydrogen-bond donors (Lipinski definition) is 0. The molecule has 1 aromatic heterocycles. The number of amides is 1. The molecular formula is C15H22F3N5O. The van der Waals surface area contributed by atoms with Gasteiger partial charge in [0.2, 0.25) is 11.9 Å². The molecule has 2 rings (SSSR count). The number of nitrogens with zero attached hydrogens (tertiary/aromatic N) is 5. The predicted molar refractivity (Wildman–Crippen MR) is 85.0 cm³/mol. The second kappa shape index (κ2) is 6.82. The van der Waals surface area contributed by atoms with Crippen molar-refractivity contribution in [2.45, 2.75) is 19.0 Å². The van der Waals surface area contributed by atoms with Crippen LogP contribution < -0.4 is 9.80 Å². The zero-order chi connectivity index (χ0) is 18.1. The Bertz CT molecular complexity index is 595. The van der Waals surface area contributed by atoms with Gasteiger partial charge < -0.3 is 14.7 Å². The number of rotatable bonds is 3. The molecule has 1 aliphatic rings. The highest BCUT2D eigenvalue weighted by molar-refractivity contribution is 5.78. The summed E-state index contributed by atoms with van der Waals surface area (Å²) in [4.78, 5) is 24.7. The molecule has 0 N–H and O–H groups in total. The average Bonchev–Trinajstić information content (AvgIpc) is 2.53. The molecule has 1 amide bonds. The van der Waals surface area contributed by atoms with Gasteiger partial charge in [0.05, 0.1) is 0 Å². The van der Waals surface area contributed by atoms with Gasteiger partial charge in [0.15, 0.2) is 5.69 Å². The van der Waals surface area contributed by atoms with Gasteiger partial charge in [-0.25, -0.2) is 4.98 Å². The molecule has 0 atom stereocenters. The fourth-order valence-corrected chi connectivity index (χ4v) is 2.63. The van der Waals surface area contributed by atoms with E-state index >= 15 is 0 Å². The molecule has 0 radical (unpaired) electrons. The van der Waals surface area contributed by atoms with Gasteiger partial charge in [-0.2, -0.15) is 18.2 Å². The van der Waals surface area contributed by atoms with Crippen LogP contribution in [0, 0.1) is 5.92 Å². The molecule has 1 aliphatic heterocycles. The van der Waals surface area contributed by atoms with E-state index in [9.17, 15) is 18.0 Å². The van der Waals surface area contributed by atoms with Gasteiger partial charge in [-0.3, -0.25) is 4.79 Å². The quantitative estimate of drug-likeness (QED) is 0.837. The van der Waals surface area contributed by atoms with E-state index < -0.39 is 11.9 Å². The van der Waals surface area contributed by atoms with E-state index in [-0.39, 0.29) is 23.6 Å². The SMILES string of the molecule is CN(C)C(=O)C1CCN(c2nc(N(C)C)cc(C(F)(F)F)n2)CC1. The van der Waals surface area contributed by atoms with Crippen LogP contribution in [0.5, 0.6) is 0 Å². The normalized spacial score (nSPS) is 16.2. The van der Waals surface area contributed by atoms with Crippen LogP contribution in [-0.4, -0.2) is 62.1 Å². The lowest BCUT2D eigenvalue weighted by atomic mass is 9.96. The number of hydrogen-bond acceptors (Lipinski definition) is 5. The van der Waals surface area contributed by atoms with Gasteiger partial charge in [-0.1, -0.05) is 0 Å². The van der Waals surface area contributed by atoms with E-state index in [4.69, 9.17) is 0 Å². The number of carbonyl (C=O) groups excluding carboxylic acids is 1. The summed E-state index contributed by atoms with van der Waals surface area (Å²) in [5, 5.41) is 0. The maximum atomic E-state index is 13.1. The second-order valence-electron chi connectivity index (χ2n) is 6.30.